The van der Waals surface area contributed by atoms with E-state index >= 15 is 0 Å². The minimum absolute atomic E-state index is 0.309. The van der Waals surface area contributed by atoms with Gasteiger partial charge in [0.15, 0.2) is 0 Å². The fourth-order valence-electron chi connectivity index (χ4n) is 2.64. The van der Waals surface area contributed by atoms with Gasteiger partial charge in [0.05, 0.1) is 18.3 Å². The molecule has 0 amide bonds. The summed E-state index contributed by atoms with van der Waals surface area (Å²) in [7, 11) is 0. The molecule has 0 atom stereocenters. The molecule has 5 heteroatoms. The Morgan fingerprint density at radius 2 is 2.04 bits per heavy atom. The van der Waals surface area contributed by atoms with Crippen molar-refractivity contribution < 1.29 is 9.47 Å². The van der Waals surface area contributed by atoms with Crippen molar-refractivity contribution in [3.05, 3.63) is 59.3 Å². The molecule has 0 radical (unpaired) electrons. The third-order valence-corrected chi connectivity index (χ3v) is 4.01. The van der Waals surface area contributed by atoms with Crippen LogP contribution in [0.15, 0.2) is 42.6 Å². The first-order valence-electron chi connectivity index (χ1n) is 8.21. The van der Waals surface area contributed by atoms with Crippen molar-refractivity contribution in [2.24, 2.45) is 0 Å². The molecular weight excluding hydrogens is 302 g/mol. The Morgan fingerprint density at radius 3 is 2.79 bits per heavy atom. The summed E-state index contributed by atoms with van der Waals surface area (Å²) in [6.07, 6.45) is 3.83. The molecule has 0 spiro atoms. The van der Waals surface area contributed by atoms with Gasteiger partial charge in [-0.25, -0.2) is 4.98 Å². The standard InChI is InChI=1S/C19H21N3O2/c20-11-17-4-5-19(22-13-17)21-12-15-2-1-3-16(10-15)14-24-18-6-8-23-9-7-18/h1-5,10,13,18H,6-9,12,14H2,(H,21,22). The number of rotatable bonds is 6. The molecule has 5 nitrogen and oxygen atoms in total. The topological polar surface area (TPSA) is 67.2 Å². The lowest BCUT2D eigenvalue weighted by atomic mass is 10.1. The highest BCUT2D eigenvalue weighted by Crippen LogP contribution is 2.15. The van der Waals surface area contributed by atoms with Crippen molar-refractivity contribution in [1.29, 1.82) is 5.26 Å². The normalized spacial score (nSPS) is 15.0. The second-order valence-corrected chi connectivity index (χ2v) is 5.84. The highest BCUT2D eigenvalue weighted by Gasteiger charge is 2.13. The molecule has 1 saturated heterocycles. The molecule has 1 N–H and O–H groups in total. The fraction of sp³-hybridized carbons (Fsp3) is 0.368. The number of ether oxygens (including phenoxy) is 2. The minimum Gasteiger partial charge on any atom is -0.381 e. The van der Waals surface area contributed by atoms with Gasteiger partial charge in [0.25, 0.3) is 0 Å². The number of nitriles is 1. The number of nitrogens with one attached hydrogen (secondary N) is 1. The molecule has 1 aromatic carbocycles. The zero-order chi connectivity index (χ0) is 16.6. The van der Waals surface area contributed by atoms with Gasteiger partial charge >= 0.3 is 0 Å². The van der Waals surface area contributed by atoms with Crippen LogP contribution >= 0.6 is 0 Å². The van der Waals surface area contributed by atoms with Crippen molar-refractivity contribution in [3.8, 4) is 6.07 Å². The molecular formula is C19H21N3O2. The maximum Gasteiger partial charge on any atom is 0.126 e. The maximum absolute atomic E-state index is 8.78. The molecule has 2 aromatic rings. The molecule has 0 unspecified atom stereocenters. The van der Waals surface area contributed by atoms with Crippen LogP contribution < -0.4 is 5.32 Å². The SMILES string of the molecule is N#Cc1ccc(NCc2cccc(COC3CCOCC3)c2)nc1. The van der Waals surface area contributed by atoms with Crippen LogP contribution in [0.1, 0.15) is 29.5 Å². The summed E-state index contributed by atoms with van der Waals surface area (Å²) >= 11 is 0. The molecule has 1 aliphatic rings. The molecule has 0 aliphatic carbocycles. The van der Waals surface area contributed by atoms with E-state index in [1.807, 2.05) is 12.1 Å². The summed E-state index contributed by atoms with van der Waals surface area (Å²) in [6, 6.07) is 14.0. The Balaban J connectivity index is 1.51. The molecule has 3 rings (SSSR count). The minimum atomic E-state index is 0.309. The van der Waals surface area contributed by atoms with Gasteiger partial charge < -0.3 is 14.8 Å². The number of hydrogen-bond donors (Lipinski definition) is 1. The van der Waals surface area contributed by atoms with Crippen molar-refractivity contribution in [2.75, 3.05) is 18.5 Å². The van der Waals surface area contributed by atoms with Crippen LogP contribution in [0, 0.1) is 11.3 Å². The first kappa shape index (κ1) is 16.4. The predicted molar refractivity (Wildman–Crippen MR) is 91.4 cm³/mol. The summed E-state index contributed by atoms with van der Waals surface area (Å²) in [5, 5.41) is 12.0. The zero-order valence-electron chi connectivity index (χ0n) is 13.6. The molecule has 24 heavy (non-hydrogen) atoms. The number of nitrogens with zero attached hydrogens (tertiary/aromatic N) is 2. The van der Waals surface area contributed by atoms with Crippen molar-refractivity contribution in [1.82, 2.24) is 4.98 Å². The summed E-state index contributed by atoms with van der Waals surface area (Å²) in [5.74, 6) is 0.762. The van der Waals surface area contributed by atoms with Gasteiger partial charge in [0.1, 0.15) is 11.9 Å². The Hall–Kier alpha value is -2.42. The molecule has 1 fully saturated rings. The lowest BCUT2D eigenvalue weighted by molar-refractivity contribution is -0.0390. The van der Waals surface area contributed by atoms with E-state index in [1.165, 1.54) is 11.1 Å². The van der Waals surface area contributed by atoms with Crippen molar-refractivity contribution in [2.45, 2.75) is 32.1 Å². The largest absolute Gasteiger partial charge is 0.381 e. The predicted octanol–water partition coefficient (Wildman–Crippen LogP) is 3.26. The number of aromatic nitrogens is 1. The lowest BCUT2D eigenvalue weighted by Gasteiger charge is -2.22. The van der Waals surface area contributed by atoms with Crippen LogP contribution in [0.3, 0.4) is 0 Å². The highest BCUT2D eigenvalue weighted by molar-refractivity contribution is 5.40. The summed E-state index contributed by atoms with van der Waals surface area (Å²) in [4.78, 5) is 4.21. The second-order valence-electron chi connectivity index (χ2n) is 5.84. The van der Waals surface area contributed by atoms with E-state index in [0.717, 1.165) is 31.9 Å². The van der Waals surface area contributed by atoms with E-state index in [0.29, 0.717) is 24.8 Å². The van der Waals surface area contributed by atoms with E-state index < -0.39 is 0 Å². The van der Waals surface area contributed by atoms with E-state index in [-0.39, 0.29) is 0 Å². The summed E-state index contributed by atoms with van der Waals surface area (Å²) in [6.45, 7) is 2.91. The average Bonchev–Trinajstić information content (AvgIpc) is 2.66. The van der Waals surface area contributed by atoms with Gasteiger partial charge in [-0.15, -0.1) is 0 Å². The van der Waals surface area contributed by atoms with Crippen LogP contribution in [0.5, 0.6) is 0 Å². The Kier molecular flexibility index (Phi) is 5.78. The Labute approximate surface area is 142 Å². The van der Waals surface area contributed by atoms with Crippen LogP contribution in [0.2, 0.25) is 0 Å². The second kappa shape index (κ2) is 8.44. The number of hydrogen-bond acceptors (Lipinski definition) is 5. The first-order chi connectivity index (χ1) is 11.8. The molecule has 0 saturated carbocycles. The number of benzene rings is 1. The van der Waals surface area contributed by atoms with Crippen molar-refractivity contribution in [3.63, 3.8) is 0 Å². The Morgan fingerprint density at radius 1 is 1.21 bits per heavy atom. The quantitative estimate of drug-likeness (QED) is 0.884. The maximum atomic E-state index is 8.78. The molecule has 2 heterocycles. The number of anilines is 1. The molecule has 0 bridgehead atoms. The van der Waals surface area contributed by atoms with E-state index in [2.05, 4.69) is 34.6 Å². The third-order valence-electron chi connectivity index (χ3n) is 4.01. The molecule has 1 aromatic heterocycles. The first-order valence-corrected chi connectivity index (χ1v) is 8.21. The van der Waals surface area contributed by atoms with Crippen LogP contribution in [-0.4, -0.2) is 24.3 Å². The Bertz CT molecular complexity index is 689. The van der Waals surface area contributed by atoms with Crippen LogP contribution in [0.4, 0.5) is 5.82 Å². The van der Waals surface area contributed by atoms with Crippen LogP contribution in [0.25, 0.3) is 0 Å². The third kappa shape index (κ3) is 4.79. The average molecular weight is 323 g/mol. The zero-order valence-corrected chi connectivity index (χ0v) is 13.6. The highest BCUT2D eigenvalue weighted by atomic mass is 16.5. The van der Waals surface area contributed by atoms with Gasteiger partial charge in [-0.05, 0) is 36.1 Å². The van der Waals surface area contributed by atoms with E-state index in [1.54, 1.807) is 12.3 Å². The van der Waals surface area contributed by atoms with E-state index in [4.69, 9.17) is 14.7 Å². The van der Waals surface area contributed by atoms with Crippen molar-refractivity contribution >= 4 is 5.82 Å². The van der Waals surface area contributed by atoms with Gasteiger partial charge in [0.2, 0.25) is 0 Å². The number of pyridine rings is 1. The van der Waals surface area contributed by atoms with Gasteiger partial charge in [-0.1, -0.05) is 24.3 Å². The monoisotopic (exact) mass is 323 g/mol. The lowest BCUT2D eigenvalue weighted by Crippen LogP contribution is -2.23. The molecule has 1 aliphatic heterocycles. The summed E-state index contributed by atoms with van der Waals surface area (Å²) in [5.41, 5.74) is 2.91. The van der Waals surface area contributed by atoms with Crippen LogP contribution in [-0.2, 0) is 22.6 Å². The summed E-state index contributed by atoms with van der Waals surface area (Å²) < 4.78 is 11.3. The fourth-order valence-corrected chi connectivity index (χ4v) is 2.64. The smallest absolute Gasteiger partial charge is 0.126 e. The van der Waals surface area contributed by atoms with Gasteiger partial charge in [0, 0.05) is 26.0 Å². The van der Waals surface area contributed by atoms with Gasteiger partial charge in [-0.2, -0.15) is 5.26 Å². The van der Waals surface area contributed by atoms with Gasteiger partial charge in [-0.3, -0.25) is 0 Å². The van der Waals surface area contributed by atoms with E-state index in [9.17, 15) is 0 Å². The molecule has 124 valence electrons.